The number of halogens is 1. The van der Waals surface area contributed by atoms with Crippen LogP contribution >= 0.6 is 24.0 Å². The molecule has 11 heteroatoms. The van der Waals surface area contributed by atoms with Crippen molar-refractivity contribution in [3.05, 3.63) is 28.3 Å². The van der Waals surface area contributed by atoms with E-state index in [-0.39, 0.29) is 40.2 Å². The summed E-state index contributed by atoms with van der Waals surface area (Å²) in [7, 11) is -3.50. The Morgan fingerprint density at radius 2 is 2.04 bits per heavy atom. The van der Waals surface area contributed by atoms with Gasteiger partial charge in [-0.25, -0.2) is 8.42 Å². The molecule has 4 N–H and O–H groups in total. The van der Waals surface area contributed by atoms with Crippen LogP contribution in [0.3, 0.4) is 0 Å². The van der Waals surface area contributed by atoms with Crippen molar-refractivity contribution in [2.45, 2.75) is 18.2 Å². The number of aliphatic imine (C=N–C) groups is 1. The number of sulfone groups is 1. The van der Waals surface area contributed by atoms with Crippen molar-refractivity contribution >= 4 is 51.1 Å². The summed E-state index contributed by atoms with van der Waals surface area (Å²) >= 11 is 0. The van der Waals surface area contributed by atoms with E-state index in [9.17, 15) is 18.5 Å². The van der Waals surface area contributed by atoms with Crippen LogP contribution in [0.5, 0.6) is 0 Å². The third kappa shape index (κ3) is 7.29. The Labute approximate surface area is 158 Å². The van der Waals surface area contributed by atoms with E-state index in [0.717, 1.165) is 18.7 Å². The highest BCUT2D eigenvalue weighted by atomic mass is 127. The van der Waals surface area contributed by atoms with Gasteiger partial charge in [-0.1, -0.05) is 6.92 Å². The Balaban J connectivity index is 0.00000529. The van der Waals surface area contributed by atoms with Gasteiger partial charge in [0.15, 0.2) is 15.8 Å². The molecule has 136 valence electrons. The van der Waals surface area contributed by atoms with Crippen LogP contribution < -0.4 is 16.4 Å². The zero-order valence-corrected chi connectivity index (χ0v) is 16.6. The smallest absolute Gasteiger partial charge is 0.293 e. The van der Waals surface area contributed by atoms with Gasteiger partial charge < -0.3 is 16.4 Å². The first-order chi connectivity index (χ1) is 10.8. The zero-order valence-electron chi connectivity index (χ0n) is 13.5. The van der Waals surface area contributed by atoms with E-state index in [1.165, 1.54) is 12.1 Å². The summed E-state index contributed by atoms with van der Waals surface area (Å²) in [6.07, 6.45) is 1.89. The first-order valence-corrected chi connectivity index (χ1v) is 8.91. The van der Waals surface area contributed by atoms with Crippen molar-refractivity contribution in [3.63, 3.8) is 0 Å². The maximum absolute atomic E-state index is 11.5. The number of nitro groups is 1. The Kier molecular flexibility index (Phi) is 9.58. The summed E-state index contributed by atoms with van der Waals surface area (Å²) in [5, 5.41) is 16.8. The molecule has 0 saturated carbocycles. The average Bonchev–Trinajstić information content (AvgIpc) is 2.48. The molecule has 1 aromatic carbocycles. The number of guanidine groups is 1. The molecule has 0 amide bonds. The van der Waals surface area contributed by atoms with Gasteiger partial charge in [0.25, 0.3) is 5.69 Å². The molecule has 0 fully saturated rings. The maximum Gasteiger partial charge on any atom is 0.293 e. The lowest BCUT2D eigenvalue weighted by molar-refractivity contribution is -0.384. The summed E-state index contributed by atoms with van der Waals surface area (Å²) in [4.78, 5) is 14.4. The summed E-state index contributed by atoms with van der Waals surface area (Å²) in [6.45, 7) is 3.40. The molecule has 0 unspecified atom stereocenters. The molecule has 0 saturated heterocycles. The highest BCUT2D eigenvalue weighted by Gasteiger charge is 2.18. The number of nitro benzene ring substituents is 1. The third-order valence-electron chi connectivity index (χ3n) is 2.85. The molecule has 1 rings (SSSR count). The molecule has 0 aliphatic carbocycles. The Hall–Kier alpha value is -1.63. The number of benzene rings is 1. The summed E-state index contributed by atoms with van der Waals surface area (Å²) in [5.74, 6) is 0.315. The van der Waals surface area contributed by atoms with E-state index in [0.29, 0.717) is 25.6 Å². The number of nitrogens with two attached hydrogens (primary N) is 1. The van der Waals surface area contributed by atoms with Crippen molar-refractivity contribution in [2.75, 3.05) is 31.2 Å². The van der Waals surface area contributed by atoms with Crippen LogP contribution in [0.4, 0.5) is 11.4 Å². The van der Waals surface area contributed by atoms with Gasteiger partial charge in [-0.2, -0.15) is 0 Å². The zero-order chi connectivity index (χ0) is 17.5. The van der Waals surface area contributed by atoms with Crippen LogP contribution in [0, 0.1) is 10.1 Å². The molecule has 0 spiro atoms. The lowest BCUT2D eigenvalue weighted by Crippen LogP contribution is -2.35. The molecule has 0 heterocycles. The van der Waals surface area contributed by atoms with Gasteiger partial charge in [0.05, 0.1) is 9.82 Å². The van der Waals surface area contributed by atoms with Crippen LogP contribution in [0.1, 0.15) is 13.3 Å². The van der Waals surface area contributed by atoms with Gasteiger partial charge in [-0.05, 0) is 18.6 Å². The SMILES string of the molecule is CCCN=C(N)NCCNc1ccc(S(C)(=O)=O)cc1[N+](=O)[O-].I. The molecule has 0 aromatic heterocycles. The van der Waals surface area contributed by atoms with Gasteiger partial charge >= 0.3 is 0 Å². The van der Waals surface area contributed by atoms with E-state index in [1.54, 1.807) is 0 Å². The van der Waals surface area contributed by atoms with Gasteiger partial charge in [-0.3, -0.25) is 15.1 Å². The molecule has 0 aliphatic heterocycles. The average molecular weight is 471 g/mol. The Morgan fingerprint density at radius 1 is 1.38 bits per heavy atom. The van der Waals surface area contributed by atoms with Crippen molar-refractivity contribution in [2.24, 2.45) is 10.7 Å². The summed E-state index contributed by atoms with van der Waals surface area (Å²) in [5.41, 5.74) is 5.57. The number of nitrogens with one attached hydrogen (secondary N) is 2. The van der Waals surface area contributed by atoms with Crippen molar-refractivity contribution in [1.29, 1.82) is 0 Å². The van der Waals surface area contributed by atoms with Crippen LogP contribution in [-0.4, -0.2) is 45.2 Å². The van der Waals surface area contributed by atoms with Gasteiger partial charge in [0.1, 0.15) is 5.69 Å². The predicted octanol–water partition coefficient (Wildman–Crippen LogP) is 1.34. The monoisotopic (exact) mass is 471 g/mol. The fourth-order valence-corrected chi connectivity index (χ4v) is 2.36. The van der Waals surface area contributed by atoms with Crippen LogP contribution in [0.15, 0.2) is 28.1 Å². The summed E-state index contributed by atoms with van der Waals surface area (Å²) in [6, 6.07) is 3.75. The van der Waals surface area contributed by atoms with E-state index in [1.807, 2.05) is 6.92 Å². The fourth-order valence-electron chi connectivity index (χ4n) is 1.72. The topological polar surface area (TPSA) is 140 Å². The maximum atomic E-state index is 11.5. The van der Waals surface area contributed by atoms with Crippen molar-refractivity contribution in [1.82, 2.24) is 5.32 Å². The number of nitrogens with zero attached hydrogens (tertiary/aromatic N) is 2. The molecule has 1 aromatic rings. The van der Waals surface area contributed by atoms with E-state index >= 15 is 0 Å². The van der Waals surface area contributed by atoms with Crippen LogP contribution in [0.2, 0.25) is 0 Å². The second-order valence-electron chi connectivity index (χ2n) is 4.83. The lowest BCUT2D eigenvalue weighted by atomic mass is 10.2. The predicted molar refractivity (Wildman–Crippen MR) is 105 cm³/mol. The van der Waals surface area contributed by atoms with Crippen molar-refractivity contribution < 1.29 is 13.3 Å². The molecule has 0 aliphatic rings. The molecule has 0 atom stereocenters. The quantitative estimate of drug-likeness (QED) is 0.130. The van der Waals surface area contributed by atoms with E-state index < -0.39 is 14.8 Å². The third-order valence-corrected chi connectivity index (χ3v) is 3.96. The standard InChI is InChI=1S/C13H21N5O4S.HI/c1-3-6-16-13(14)17-8-7-15-11-5-4-10(23(2,21)22)9-12(11)18(19)20;/h4-5,9,15H,3,6-8H2,1-2H3,(H3,14,16,17);1H. The highest BCUT2D eigenvalue weighted by Crippen LogP contribution is 2.27. The first kappa shape index (κ1) is 22.4. The first-order valence-electron chi connectivity index (χ1n) is 7.02. The lowest BCUT2D eigenvalue weighted by Gasteiger charge is -2.09. The largest absolute Gasteiger partial charge is 0.378 e. The molecular formula is C13H22IN5O4S. The minimum atomic E-state index is -3.50. The molecule has 9 nitrogen and oxygen atoms in total. The summed E-state index contributed by atoms with van der Waals surface area (Å²) < 4.78 is 22.9. The van der Waals surface area contributed by atoms with E-state index in [4.69, 9.17) is 5.73 Å². The van der Waals surface area contributed by atoms with E-state index in [2.05, 4.69) is 15.6 Å². The number of rotatable bonds is 8. The number of hydrogen-bond acceptors (Lipinski definition) is 6. The number of anilines is 1. The van der Waals surface area contributed by atoms with Crippen LogP contribution in [0.25, 0.3) is 0 Å². The molecular weight excluding hydrogens is 449 g/mol. The molecule has 0 bridgehead atoms. The van der Waals surface area contributed by atoms with Gasteiger partial charge in [0, 0.05) is 32.0 Å². The highest BCUT2D eigenvalue weighted by molar-refractivity contribution is 14.0. The second-order valence-corrected chi connectivity index (χ2v) is 6.84. The number of hydrogen-bond donors (Lipinski definition) is 3. The Bertz CT molecular complexity index is 694. The van der Waals surface area contributed by atoms with Crippen LogP contribution in [-0.2, 0) is 9.84 Å². The minimum absolute atomic E-state index is 0. The fraction of sp³-hybridized carbons (Fsp3) is 0.462. The van der Waals surface area contributed by atoms with Gasteiger partial charge in [-0.15, -0.1) is 24.0 Å². The molecule has 24 heavy (non-hydrogen) atoms. The Morgan fingerprint density at radius 3 is 2.58 bits per heavy atom. The normalized spacial score (nSPS) is 11.5. The van der Waals surface area contributed by atoms with Crippen molar-refractivity contribution in [3.8, 4) is 0 Å². The van der Waals surface area contributed by atoms with Gasteiger partial charge in [0.2, 0.25) is 0 Å². The minimum Gasteiger partial charge on any atom is -0.378 e. The molecule has 0 radical (unpaired) electrons. The second kappa shape index (κ2) is 10.3.